The van der Waals surface area contributed by atoms with Crippen LogP contribution in [0.4, 0.5) is 0 Å². The number of nitrogens with one attached hydrogen (secondary N) is 1. The van der Waals surface area contributed by atoms with Gasteiger partial charge in [-0.05, 0) is 31.3 Å². The molecule has 0 aromatic heterocycles. The van der Waals surface area contributed by atoms with Crippen LogP contribution in [-0.2, 0) is 9.53 Å². The molecular weight excluding hydrogens is 284 g/mol. The molecule has 1 aliphatic heterocycles. The highest BCUT2D eigenvalue weighted by molar-refractivity contribution is 7.98. The van der Waals surface area contributed by atoms with Gasteiger partial charge < -0.3 is 15.8 Å². The number of hydrogen-bond acceptors (Lipinski definition) is 4. The van der Waals surface area contributed by atoms with Gasteiger partial charge in [-0.25, -0.2) is 0 Å². The van der Waals surface area contributed by atoms with Gasteiger partial charge in [0.2, 0.25) is 5.91 Å². The predicted octanol–water partition coefficient (Wildman–Crippen LogP) is 2.17. The minimum atomic E-state index is -0.757. The van der Waals surface area contributed by atoms with E-state index in [2.05, 4.69) is 25.4 Å². The van der Waals surface area contributed by atoms with E-state index in [4.69, 9.17) is 10.5 Å². The summed E-state index contributed by atoms with van der Waals surface area (Å²) in [6.45, 7) is 5.59. The summed E-state index contributed by atoms with van der Waals surface area (Å²) < 4.78 is 5.73. The third kappa shape index (κ3) is 2.97. The van der Waals surface area contributed by atoms with Gasteiger partial charge in [0.15, 0.2) is 0 Å². The normalized spacial score (nSPS) is 33.3. The molecule has 0 spiro atoms. The summed E-state index contributed by atoms with van der Waals surface area (Å²) in [4.78, 5) is 12.5. The van der Waals surface area contributed by atoms with Crippen molar-refractivity contribution in [1.82, 2.24) is 5.32 Å². The molecule has 3 N–H and O–H groups in total. The van der Waals surface area contributed by atoms with Crippen molar-refractivity contribution >= 4 is 17.7 Å². The lowest BCUT2D eigenvalue weighted by atomic mass is 9.48. The zero-order valence-corrected chi connectivity index (χ0v) is 14.4. The number of rotatable bonds is 8. The molecule has 0 bridgehead atoms. The van der Waals surface area contributed by atoms with Gasteiger partial charge in [0, 0.05) is 24.5 Å². The topological polar surface area (TPSA) is 64.4 Å². The van der Waals surface area contributed by atoms with Gasteiger partial charge in [0.25, 0.3) is 0 Å². The molecule has 0 aromatic carbocycles. The van der Waals surface area contributed by atoms with Crippen LogP contribution in [0.3, 0.4) is 0 Å². The smallest absolute Gasteiger partial charge is 0.241 e. The molecule has 0 aromatic rings. The van der Waals surface area contributed by atoms with E-state index < -0.39 is 5.54 Å². The van der Waals surface area contributed by atoms with E-state index in [0.29, 0.717) is 0 Å². The summed E-state index contributed by atoms with van der Waals surface area (Å²) in [7, 11) is 0. The first-order valence-corrected chi connectivity index (χ1v) is 9.53. The van der Waals surface area contributed by atoms with E-state index in [1.54, 1.807) is 0 Å². The Labute approximate surface area is 132 Å². The highest BCUT2D eigenvalue weighted by Crippen LogP contribution is 2.58. The standard InChI is InChI=1S/C16H30N2O2S/c1-15(2)13-12(8-10-20-13)16(15,17)14(19)18-9-6-4-5-7-11-21-3/h12-13H,4-11,17H2,1-3H3,(H,18,19). The van der Waals surface area contributed by atoms with Crippen LogP contribution in [0.2, 0.25) is 0 Å². The molecule has 4 nitrogen and oxygen atoms in total. The van der Waals surface area contributed by atoms with Gasteiger partial charge in [-0.1, -0.05) is 26.7 Å². The van der Waals surface area contributed by atoms with Crippen LogP contribution in [0.1, 0.15) is 46.0 Å². The Bertz CT molecular complexity index is 375. The molecule has 2 rings (SSSR count). The lowest BCUT2D eigenvalue weighted by Crippen LogP contribution is -2.80. The number of nitrogens with two attached hydrogens (primary N) is 1. The fourth-order valence-electron chi connectivity index (χ4n) is 3.92. The Morgan fingerprint density at radius 3 is 2.76 bits per heavy atom. The number of carbonyl (C=O) groups is 1. The zero-order chi connectivity index (χ0) is 15.5. The molecule has 2 fully saturated rings. The Balaban J connectivity index is 1.73. The van der Waals surface area contributed by atoms with E-state index in [1.807, 2.05) is 11.8 Å². The van der Waals surface area contributed by atoms with Gasteiger partial charge in [0.1, 0.15) is 5.54 Å². The second kappa shape index (κ2) is 6.88. The van der Waals surface area contributed by atoms with Crippen molar-refractivity contribution in [2.24, 2.45) is 17.1 Å². The second-order valence-electron chi connectivity index (χ2n) is 6.94. The number of amides is 1. The monoisotopic (exact) mass is 314 g/mol. The van der Waals surface area contributed by atoms with Gasteiger partial charge in [-0.2, -0.15) is 11.8 Å². The van der Waals surface area contributed by atoms with Gasteiger partial charge in [0.05, 0.1) is 6.10 Å². The van der Waals surface area contributed by atoms with Crippen molar-refractivity contribution in [2.75, 3.05) is 25.2 Å². The molecule has 21 heavy (non-hydrogen) atoms. The van der Waals surface area contributed by atoms with Crippen molar-refractivity contribution in [3.63, 3.8) is 0 Å². The molecule has 3 unspecified atom stereocenters. The molecular formula is C16H30N2O2S. The Hall–Kier alpha value is -0.260. The fraction of sp³-hybridized carbons (Fsp3) is 0.938. The van der Waals surface area contributed by atoms with Crippen LogP contribution >= 0.6 is 11.8 Å². The maximum Gasteiger partial charge on any atom is 0.241 e. The molecule has 1 saturated heterocycles. The van der Waals surface area contributed by atoms with Crippen LogP contribution in [0.5, 0.6) is 0 Å². The Morgan fingerprint density at radius 1 is 1.33 bits per heavy atom. The summed E-state index contributed by atoms with van der Waals surface area (Å²) in [5.41, 5.74) is 5.47. The molecule has 1 aliphatic carbocycles. The maximum atomic E-state index is 12.5. The molecule has 122 valence electrons. The Morgan fingerprint density at radius 2 is 2.05 bits per heavy atom. The van der Waals surface area contributed by atoms with Crippen LogP contribution in [0.15, 0.2) is 0 Å². The van der Waals surface area contributed by atoms with E-state index in [1.165, 1.54) is 25.0 Å². The highest BCUT2D eigenvalue weighted by Gasteiger charge is 2.71. The van der Waals surface area contributed by atoms with Crippen molar-refractivity contribution in [3.8, 4) is 0 Å². The number of fused-ring (bicyclic) bond motifs is 1. The number of unbranched alkanes of at least 4 members (excludes halogenated alkanes) is 3. The molecule has 1 amide bonds. The summed E-state index contributed by atoms with van der Waals surface area (Å²) in [6, 6.07) is 0. The van der Waals surface area contributed by atoms with Crippen molar-refractivity contribution < 1.29 is 9.53 Å². The van der Waals surface area contributed by atoms with E-state index in [-0.39, 0.29) is 23.3 Å². The zero-order valence-electron chi connectivity index (χ0n) is 13.6. The van der Waals surface area contributed by atoms with Crippen LogP contribution < -0.4 is 11.1 Å². The maximum absolute atomic E-state index is 12.5. The van der Waals surface area contributed by atoms with Crippen LogP contribution in [0, 0.1) is 11.3 Å². The number of carbonyl (C=O) groups excluding carboxylic acids is 1. The van der Waals surface area contributed by atoms with Crippen molar-refractivity contribution in [1.29, 1.82) is 0 Å². The minimum absolute atomic E-state index is 0.0170. The lowest BCUT2D eigenvalue weighted by molar-refractivity contribution is -0.175. The van der Waals surface area contributed by atoms with E-state index >= 15 is 0 Å². The predicted molar refractivity (Wildman–Crippen MR) is 88.4 cm³/mol. The molecule has 1 saturated carbocycles. The summed E-state index contributed by atoms with van der Waals surface area (Å²) in [5.74, 6) is 1.44. The minimum Gasteiger partial charge on any atom is -0.377 e. The molecule has 5 heteroatoms. The largest absolute Gasteiger partial charge is 0.377 e. The van der Waals surface area contributed by atoms with Gasteiger partial charge in [-0.15, -0.1) is 0 Å². The molecule has 3 atom stereocenters. The summed E-state index contributed by atoms with van der Waals surface area (Å²) >= 11 is 1.89. The van der Waals surface area contributed by atoms with Crippen molar-refractivity contribution in [3.05, 3.63) is 0 Å². The lowest BCUT2D eigenvalue weighted by Gasteiger charge is -2.60. The summed E-state index contributed by atoms with van der Waals surface area (Å²) in [5, 5.41) is 3.06. The highest BCUT2D eigenvalue weighted by atomic mass is 32.2. The fourth-order valence-corrected chi connectivity index (χ4v) is 4.41. The third-order valence-electron chi connectivity index (χ3n) is 5.39. The first kappa shape index (κ1) is 17.1. The Kier molecular flexibility index (Phi) is 5.60. The van der Waals surface area contributed by atoms with E-state index in [0.717, 1.165) is 26.0 Å². The van der Waals surface area contributed by atoms with Crippen molar-refractivity contribution in [2.45, 2.75) is 57.6 Å². The van der Waals surface area contributed by atoms with E-state index in [9.17, 15) is 4.79 Å². The number of thioether (sulfide) groups is 1. The molecule has 1 heterocycles. The van der Waals surface area contributed by atoms with Crippen LogP contribution in [-0.4, -0.2) is 42.7 Å². The number of ether oxygens (including phenoxy) is 1. The molecule has 0 radical (unpaired) electrons. The quantitative estimate of drug-likeness (QED) is 0.674. The van der Waals surface area contributed by atoms with Gasteiger partial charge in [-0.3, -0.25) is 4.79 Å². The second-order valence-corrected chi connectivity index (χ2v) is 7.93. The van der Waals surface area contributed by atoms with Gasteiger partial charge >= 0.3 is 0 Å². The first-order valence-electron chi connectivity index (χ1n) is 8.14. The average Bonchev–Trinajstić information content (AvgIpc) is 2.93. The average molecular weight is 314 g/mol. The third-order valence-corrected chi connectivity index (χ3v) is 6.09. The molecule has 2 aliphatic rings. The number of hydrogen-bond donors (Lipinski definition) is 2. The SMILES string of the molecule is CSCCCCCCNC(=O)C1(N)C2CCOC2C1(C)C. The summed E-state index contributed by atoms with van der Waals surface area (Å²) in [6.07, 6.45) is 7.94. The first-order chi connectivity index (χ1) is 9.96. The van der Waals surface area contributed by atoms with Crippen LogP contribution in [0.25, 0.3) is 0 Å².